The first-order valence-corrected chi connectivity index (χ1v) is 5.13. The molecule has 1 aliphatic carbocycles. The summed E-state index contributed by atoms with van der Waals surface area (Å²) in [6.45, 7) is -0.702. The van der Waals surface area contributed by atoms with Gasteiger partial charge in [-0.05, 0) is 18.6 Å². The fourth-order valence-electron chi connectivity index (χ4n) is 1.94. The maximum Gasteiger partial charge on any atom is 0.272 e. The molecule has 0 bridgehead atoms. The molecule has 5 heteroatoms. The molecular weight excluding hydrogens is 228 g/mol. The Hall–Kier alpha value is -1.96. The fourth-order valence-corrected chi connectivity index (χ4v) is 1.94. The molecule has 3 nitrogen and oxygen atoms in total. The lowest BCUT2D eigenvalue weighted by atomic mass is 10.0. The van der Waals surface area contributed by atoms with E-state index in [1.54, 1.807) is 0 Å². The first-order valence-electron chi connectivity index (χ1n) is 5.13. The Bertz CT molecular complexity index is 506. The van der Waals surface area contributed by atoms with Crippen LogP contribution in [0.15, 0.2) is 12.1 Å². The summed E-state index contributed by atoms with van der Waals surface area (Å²) in [5, 5.41) is 8.87. The number of nitrogens with zero attached hydrogens (tertiary/aromatic N) is 1. The zero-order valence-corrected chi connectivity index (χ0v) is 8.87. The molecule has 0 radical (unpaired) electrons. The van der Waals surface area contributed by atoms with E-state index in [0.29, 0.717) is 24.0 Å². The summed E-state index contributed by atoms with van der Waals surface area (Å²) in [7, 11) is 0. The van der Waals surface area contributed by atoms with Crippen molar-refractivity contribution in [3.63, 3.8) is 0 Å². The molecule has 88 valence electrons. The molecule has 0 amide bonds. The van der Waals surface area contributed by atoms with Crippen LogP contribution >= 0.6 is 0 Å². The maximum absolute atomic E-state index is 12.1. The predicted octanol–water partition coefficient (Wildman–Crippen LogP) is 2.33. The van der Waals surface area contributed by atoms with Crippen molar-refractivity contribution in [1.82, 2.24) is 0 Å². The van der Waals surface area contributed by atoms with Crippen LogP contribution in [-0.2, 0) is 6.42 Å². The highest BCUT2D eigenvalue weighted by molar-refractivity contribution is 6.03. The Morgan fingerprint density at radius 2 is 2.18 bits per heavy atom. The SMILES string of the molecule is N#Cc1ccc(OCC(F)F)c2c1C(=O)CC2. The molecule has 1 aromatic carbocycles. The van der Waals surface area contributed by atoms with E-state index >= 15 is 0 Å². The fraction of sp³-hybridized carbons (Fsp3) is 0.333. The van der Waals surface area contributed by atoms with Gasteiger partial charge >= 0.3 is 0 Å². The van der Waals surface area contributed by atoms with Crippen LogP contribution in [0.3, 0.4) is 0 Å². The number of benzene rings is 1. The highest BCUT2D eigenvalue weighted by Gasteiger charge is 2.26. The number of ether oxygens (including phenoxy) is 1. The zero-order chi connectivity index (χ0) is 12.4. The van der Waals surface area contributed by atoms with E-state index in [4.69, 9.17) is 10.00 Å². The third-order valence-corrected chi connectivity index (χ3v) is 2.64. The van der Waals surface area contributed by atoms with Gasteiger partial charge in [-0.3, -0.25) is 4.79 Å². The Labute approximate surface area is 96.6 Å². The number of halogens is 2. The molecule has 17 heavy (non-hydrogen) atoms. The normalized spacial score (nSPS) is 13.6. The van der Waals surface area contributed by atoms with Crippen LogP contribution in [0.5, 0.6) is 5.75 Å². The van der Waals surface area contributed by atoms with Crippen molar-refractivity contribution < 1.29 is 18.3 Å². The van der Waals surface area contributed by atoms with E-state index < -0.39 is 13.0 Å². The summed E-state index contributed by atoms with van der Waals surface area (Å²) in [5.74, 6) is 0.157. The van der Waals surface area contributed by atoms with Crippen molar-refractivity contribution in [3.8, 4) is 11.8 Å². The van der Waals surface area contributed by atoms with E-state index in [2.05, 4.69) is 0 Å². The molecule has 0 unspecified atom stereocenters. The summed E-state index contributed by atoms with van der Waals surface area (Å²) in [6.07, 6.45) is -1.81. The average Bonchev–Trinajstić information content (AvgIpc) is 2.69. The van der Waals surface area contributed by atoms with Gasteiger partial charge in [-0.15, -0.1) is 0 Å². The standard InChI is InChI=1S/C12H9F2NO2/c13-11(14)6-17-10-4-1-7(5-15)12-8(10)2-3-9(12)16/h1,4,11H,2-3,6H2. The van der Waals surface area contributed by atoms with E-state index in [0.717, 1.165) is 0 Å². The van der Waals surface area contributed by atoms with E-state index in [-0.39, 0.29) is 17.1 Å². The number of rotatable bonds is 3. The van der Waals surface area contributed by atoms with Crippen LogP contribution in [-0.4, -0.2) is 18.8 Å². The van der Waals surface area contributed by atoms with Gasteiger partial charge in [0.2, 0.25) is 0 Å². The number of ketones is 1. The summed E-state index contributed by atoms with van der Waals surface area (Å²) in [6, 6.07) is 4.83. The van der Waals surface area contributed by atoms with Crippen molar-refractivity contribution in [3.05, 3.63) is 28.8 Å². The quantitative estimate of drug-likeness (QED) is 0.810. The van der Waals surface area contributed by atoms with Crippen LogP contribution in [0.4, 0.5) is 8.78 Å². The lowest BCUT2D eigenvalue weighted by molar-refractivity contribution is 0.0815. The maximum atomic E-state index is 12.1. The Balaban J connectivity index is 2.38. The number of Topliss-reactive ketones (excluding diaryl/α,β-unsaturated/α-hetero) is 1. The van der Waals surface area contributed by atoms with Crippen LogP contribution in [0, 0.1) is 11.3 Å². The molecule has 0 aliphatic heterocycles. The predicted molar refractivity (Wildman–Crippen MR) is 55.3 cm³/mol. The summed E-state index contributed by atoms with van der Waals surface area (Å²) in [4.78, 5) is 11.6. The minimum absolute atomic E-state index is 0.126. The number of hydrogen-bond acceptors (Lipinski definition) is 3. The lowest BCUT2D eigenvalue weighted by Crippen LogP contribution is -2.09. The molecule has 2 rings (SSSR count). The lowest BCUT2D eigenvalue weighted by Gasteiger charge is -2.10. The smallest absolute Gasteiger partial charge is 0.272 e. The molecule has 0 saturated carbocycles. The zero-order valence-electron chi connectivity index (χ0n) is 8.87. The number of carbonyl (C=O) groups excluding carboxylic acids is 1. The molecule has 0 N–H and O–H groups in total. The second-order valence-corrected chi connectivity index (χ2v) is 3.70. The van der Waals surface area contributed by atoms with Crippen LogP contribution < -0.4 is 4.74 Å². The van der Waals surface area contributed by atoms with Crippen molar-refractivity contribution in [1.29, 1.82) is 5.26 Å². The van der Waals surface area contributed by atoms with Crippen molar-refractivity contribution in [2.75, 3.05) is 6.61 Å². The highest BCUT2D eigenvalue weighted by Crippen LogP contribution is 2.33. The molecule has 0 aromatic heterocycles. The average molecular weight is 237 g/mol. The van der Waals surface area contributed by atoms with Crippen LogP contribution in [0.1, 0.15) is 27.9 Å². The van der Waals surface area contributed by atoms with Crippen molar-refractivity contribution in [2.45, 2.75) is 19.3 Å². The van der Waals surface area contributed by atoms with E-state index in [9.17, 15) is 13.6 Å². The van der Waals surface area contributed by atoms with E-state index in [1.165, 1.54) is 12.1 Å². The third-order valence-electron chi connectivity index (χ3n) is 2.64. The highest BCUT2D eigenvalue weighted by atomic mass is 19.3. The van der Waals surface area contributed by atoms with Crippen molar-refractivity contribution >= 4 is 5.78 Å². The largest absolute Gasteiger partial charge is 0.487 e. The van der Waals surface area contributed by atoms with Gasteiger partial charge in [0.25, 0.3) is 6.43 Å². The summed E-state index contributed by atoms with van der Waals surface area (Å²) >= 11 is 0. The Morgan fingerprint density at radius 1 is 1.41 bits per heavy atom. The number of carbonyl (C=O) groups is 1. The van der Waals surface area contributed by atoms with Gasteiger partial charge in [0.05, 0.1) is 11.6 Å². The number of nitriles is 1. The Morgan fingerprint density at radius 3 is 2.82 bits per heavy atom. The molecule has 1 aliphatic rings. The monoisotopic (exact) mass is 237 g/mol. The third kappa shape index (κ3) is 2.11. The van der Waals surface area contributed by atoms with Gasteiger partial charge in [-0.25, -0.2) is 8.78 Å². The molecule has 0 atom stereocenters. The summed E-state index contributed by atoms with van der Waals surface area (Å²) in [5.41, 5.74) is 1.20. The van der Waals surface area contributed by atoms with E-state index in [1.807, 2.05) is 6.07 Å². The van der Waals surface area contributed by atoms with Gasteiger partial charge in [-0.1, -0.05) is 0 Å². The molecule has 0 fully saturated rings. The van der Waals surface area contributed by atoms with Crippen LogP contribution in [0.2, 0.25) is 0 Å². The molecular formula is C12H9F2NO2. The van der Waals surface area contributed by atoms with Gasteiger partial charge in [0.1, 0.15) is 12.4 Å². The molecule has 0 heterocycles. The summed E-state index contributed by atoms with van der Waals surface area (Å²) < 4.78 is 29.0. The number of alkyl halides is 2. The first kappa shape index (κ1) is 11.5. The molecule has 0 spiro atoms. The van der Waals surface area contributed by atoms with Gasteiger partial charge in [0.15, 0.2) is 5.78 Å². The van der Waals surface area contributed by atoms with Crippen LogP contribution in [0.25, 0.3) is 0 Å². The topological polar surface area (TPSA) is 50.1 Å². The van der Waals surface area contributed by atoms with Crippen molar-refractivity contribution in [2.24, 2.45) is 0 Å². The number of fused-ring (bicyclic) bond motifs is 1. The number of hydrogen-bond donors (Lipinski definition) is 0. The molecule has 0 saturated heterocycles. The Kier molecular flexibility index (Phi) is 3.05. The van der Waals surface area contributed by atoms with Gasteiger partial charge in [-0.2, -0.15) is 5.26 Å². The molecule has 1 aromatic rings. The van der Waals surface area contributed by atoms with Gasteiger partial charge in [0, 0.05) is 17.5 Å². The second-order valence-electron chi connectivity index (χ2n) is 3.70. The van der Waals surface area contributed by atoms with Gasteiger partial charge < -0.3 is 4.74 Å². The second kappa shape index (κ2) is 4.50. The minimum Gasteiger partial charge on any atom is -0.487 e. The minimum atomic E-state index is -2.56. The first-order chi connectivity index (χ1) is 8.13.